The number of hydrogen-bond acceptors (Lipinski definition) is 1. The molecule has 0 amide bonds. The number of anilines is 3. The first kappa shape index (κ1) is 38.7. The van der Waals surface area contributed by atoms with E-state index in [9.17, 15) is 0 Å². The number of fused-ring (bicyclic) bond motifs is 6. The Hall–Kier alpha value is -8.00. The minimum atomic E-state index is -0.590. The Morgan fingerprint density at radius 2 is 0.769 bits per heavy atom. The van der Waals surface area contributed by atoms with Gasteiger partial charge in [-0.2, -0.15) is 0 Å². The summed E-state index contributed by atoms with van der Waals surface area (Å²) in [6.45, 7) is 4.78. The zero-order chi connectivity index (χ0) is 43.5. The summed E-state index contributed by atoms with van der Waals surface area (Å²) >= 11 is 0. The molecule has 0 radical (unpaired) electrons. The van der Waals surface area contributed by atoms with E-state index in [1.807, 2.05) is 0 Å². The van der Waals surface area contributed by atoms with Crippen molar-refractivity contribution in [3.8, 4) is 55.6 Å². The van der Waals surface area contributed by atoms with Crippen LogP contribution in [0.5, 0.6) is 0 Å². The molecule has 1 heteroatoms. The van der Waals surface area contributed by atoms with Crippen LogP contribution in [0.15, 0.2) is 249 Å². The van der Waals surface area contributed by atoms with E-state index in [0.29, 0.717) is 0 Å². The Kier molecular flexibility index (Phi) is 9.14. The predicted octanol–water partition coefficient (Wildman–Crippen LogP) is 16.8. The summed E-state index contributed by atoms with van der Waals surface area (Å²) in [4.78, 5) is 2.50. The van der Waals surface area contributed by atoms with Gasteiger partial charge < -0.3 is 4.90 Å². The van der Waals surface area contributed by atoms with Gasteiger partial charge in [0.25, 0.3) is 0 Å². The molecule has 12 rings (SSSR count). The van der Waals surface area contributed by atoms with E-state index in [-0.39, 0.29) is 5.41 Å². The highest BCUT2D eigenvalue weighted by molar-refractivity contribution is 5.97. The first-order valence-corrected chi connectivity index (χ1v) is 22.8. The normalized spacial score (nSPS) is 15.1. The van der Waals surface area contributed by atoms with E-state index in [4.69, 9.17) is 0 Å². The van der Waals surface area contributed by atoms with Crippen LogP contribution in [0.3, 0.4) is 0 Å². The fourth-order valence-corrected chi connectivity index (χ4v) is 11.1. The average molecular weight is 830 g/mol. The smallest absolute Gasteiger partial charge is 0.0714 e. The molecular formula is C64H47N. The molecule has 1 atom stereocenters. The molecule has 0 heterocycles. The lowest BCUT2D eigenvalue weighted by Gasteiger charge is -2.35. The van der Waals surface area contributed by atoms with Crippen molar-refractivity contribution >= 4 is 17.1 Å². The van der Waals surface area contributed by atoms with Gasteiger partial charge in [-0.1, -0.05) is 220 Å². The van der Waals surface area contributed by atoms with Crippen molar-refractivity contribution in [3.63, 3.8) is 0 Å². The quantitative estimate of drug-likeness (QED) is 0.147. The Morgan fingerprint density at radius 1 is 0.277 bits per heavy atom. The van der Waals surface area contributed by atoms with Gasteiger partial charge in [-0.3, -0.25) is 0 Å². The molecule has 0 saturated heterocycles. The minimum Gasteiger partial charge on any atom is -0.310 e. The van der Waals surface area contributed by atoms with Gasteiger partial charge in [0, 0.05) is 22.5 Å². The number of benzene rings is 10. The molecule has 1 nitrogen and oxygen atoms in total. The molecule has 0 saturated carbocycles. The van der Waals surface area contributed by atoms with E-state index in [2.05, 4.69) is 267 Å². The predicted molar refractivity (Wildman–Crippen MR) is 272 cm³/mol. The summed E-state index contributed by atoms with van der Waals surface area (Å²) in [6, 6.07) is 92.2. The molecule has 0 N–H and O–H groups in total. The highest BCUT2D eigenvalue weighted by Gasteiger charge is 2.47. The first-order chi connectivity index (χ1) is 32.0. The third-order valence-electron chi connectivity index (χ3n) is 14.1. The van der Waals surface area contributed by atoms with Crippen molar-refractivity contribution in [1.29, 1.82) is 0 Å². The Labute approximate surface area is 382 Å². The summed E-state index contributed by atoms with van der Waals surface area (Å²) in [5, 5.41) is 0. The first-order valence-electron chi connectivity index (χ1n) is 22.8. The van der Waals surface area contributed by atoms with E-state index in [1.54, 1.807) is 0 Å². The topological polar surface area (TPSA) is 3.24 Å². The molecule has 0 spiro atoms. The SMILES string of the molecule is CC1(C)c2ccccc2-c2c(-c3ccccc3)cc(N(c3ccc(-c4ccccc4)cc3)c3ccc4c(c3)C(c3ccccc3)(c3cccc(-c5ccccc5)c3)c3ccccc3-4)cc21. The maximum atomic E-state index is 2.50. The van der Waals surface area contributed by atoms with Gasteiger partial charge >= 0.3 is 0 Å². The third kappa shape index (κ3) is 6.15. The van der Waals surface area contributed by atoms with Crippen LogP contribution in [-0.2, 0) is 10.8 Å². The summed E-state index contributed by atoms with van der Waals surface area (Å²) in [5.41, 5.74) is 22.7. The zero-order valence-electron chi connectivity index (χ0n) is 36.6. The van der Waals surface area contributed by atoms with Gasteiger partial charge in [0.2, 0.25) is 0 Å². The molecule has 1 unspecified atom stereocenters. The lowest BCUT2D eigenvalue weighted by molar-refractivity contribution is 0.660. The van der Waals surface area contributed by atoms with Crippen molar-refractivity contribution in [1.82, 2.24) is 0 Å². The van der Waals surface area contributed by atoms with Crippen LogP contribution >= 0.6 is 0 Å². The van der Waals surface area contributed by atoms with Crippen LogP contribution in [-0.4, -0.2) is 0 Å². The second-order valence-corrected chi connectivity index (χ2v) is 18.0. The maximum Gasteiger partial charge on any atom is 0.0714 e. The van der Waals surface area contributed by atoms with Crippen LogP contribution in [0, 0.1) is 0 Å². The van der Waals surface area contributed by atoms with E-state index in [0.717, 1.165) is 17.1 Å². The van der Waals surface area contributed by atoms with Crippen molar-refractivity contribution in [2.45, 2.75) is 24.7 Å². The van der Waals surface area contributed by atoms with Crippen LogP contribution in [0.4, 0.5) is 17.1 Å². The van der Waals surface area contributed by atoms with E-state index >= 15 is 0 Å². The number of nitrogens with zero attached hydrogens (tertiary/aromatic N) is 1. The Bertz CT molecular complexity index is 3370. The Morgan fingerprint density at radius 3 is 1.46 bits per heavy atom. The van der Waals surface area contributed by atoms with Gasteiger partial charge in [0.05, 0.1) is 5.41 Å². The van der Waals surface area contributed by atoms with Gasteiger partial charge in [0.1, 0.15) is 0 Å². The third-order valence-corrected chi connectivity index (χ3v) is 14.1. The standard InChI is InChI=1S/C64H47N/c1-63(2)58-32-17-16-31-56(58)62-57(47-24-11-5-12-25-47)41-53(43-61(62)63)65(51-36-34-46(35-37-51)44-20-7-3-8-21-44)52-38-39-55-54-30-15-18-33-59(54)64(60(55)42-52,49-27-13-6-14-28-49)50-29-19-26-48(40-50)45-22-9-4-10-23-45/h3-43H,1-2H3. The molecular weight excluding hydrogens is 783 g/mol. The number of hydrogen-bond donors (Lipinski definition) is 0. The van der Waals surface area contributed by atoms with Crippen molar-refractivity contribution in [2.75, 3.05) is 4.90 Å². The zero-order valence-corrected chi connectivity index (χ0v) is 36.6. The fourth-order valence-electron chi connectivity index (χ4n) is 11.1. The Balaban J connectivity index is 1.13. The molecule has 10 aromatic rings. The van der Waals surface area contributed by atoms with Gasteiger partial charge in [0.15, 0.2) is 0 Å². The van der Waals surface area contributed by atoms with Crippen molar-refractivity contribution in [2.24, 2.45) is 0 Å². The van der Waals surface area contributed by atoms with Crippen LogP contribution in [0.25, 0.3) is 55.6 Å². The molecule has 2 aliphatic rings. The minimum absolute atomic E-state index is 0.208. The highest BCUT2D eigenvalue weighted by Crippen LogP contribution is 2.59. The van der Waals surface area contributed by atoms with Crippen LogP contribution in [0.1, 0.15) is 47.2 Å². The molecule has 0 aliphatic heterocycles. The second-order valence-electron chi connectivity index (χ2n) is 18.0. The maximum absolute atomic E-state index is 2.50. The summed E-state index contributed by atoms with van der Waals surface area (Å²) in [6.07, 6.45) is 0. The molecule has 10 aromatic carbocycles. The van der Waals surface area contributed by atoms with Crippen molar-refractivity contribution in [3.05, 3.63) is 282 Å². The van der Waals surface area contributed by atoms with Gasteiger partial charge in [-0.25, -0.2) is 0 Å². The largest absolute Gasteiger partial charge is 0.310 e. The highest BCUT2D eigenvalue weighted by atomic mass is 15.1. The monoisotopic (exact) mass is 829 g/mol. The van der Waals surface area contributed by atoms with E-state index < -0.39 is 5.41 Å². The van der Waals surface area contributed by atoms with Crippen LogP contribution in [0.2, 0.25) is 0 Å². The lowest BCUT2D eigenvalue weighted by Crippen LogP contribution is -2.29. The summed E-state index contributed by atoms with van der Waals surface area (Å²) in [7, 11) is 0. The van der Waals surface area contributed by atoms with Gasteiger partial charge in [-0.05, 0) is 131 Å². The second kappa shape index (κ2) is 15.4. The molecule has 0 fully saturated rings. The van der Waals surface area contributed by atoms with Gasteiger partial charge in [-0.15, -0.1) is 0 Å². The average Bonchev–Trinajstić information content (AvgIpc) is 3.80. The molecule has 2 aliphatic carbocycles. The molecule has 65 heavy (non-hydrogen) atoms. The summed E-state index contributed by atoms with van der Waals surface area (Å²) in [5.74, 6) is 0. The lowest BCUT2D eigenvalue weighted by atomic mass is 9.67. The van der Waals surface area contributed by atoms with Crippen LogP contribution < -0.4 is 4.90 Å². The summed E-state index contributed by atoms with van der Waals surface area (Å²) < 4.78 is 0. The van der Waals surface area contributed by atoms with E-state index in [1.165, 1.54) is 89.0 Å². The number of rotatable bonds is 8. The molecule has 0 aromatic heterocycles. The molecule has 0 bridgehead atoms. The molecule has 308 valence electrons. The fraction of sp³-hybridized carbons (Fsp3) is 0.0625. The van der Waals surface area contributed by atoms with Crippen molar-refractivity contribution < 1.29 is 0 Å².